The molecule has 0 spiro atoms. The van der Waals surface area contributed by atoms with E-state index in [0.717, 1.165) is 6.42 Å². The predicted molar refractivity (Wildman–Crippen MR) is 44.7 cm³/mol. The summed E-state index contributed by atoms with van der Waals surface area (Å²) in [4.78, 5) is 0. The fourth-order valence-corrected chi connectivity index (χ4v) is 1.01. The molecule has 0 saturated carbocycles. The Hall–Kier alpha value is -0.980. The van der Waals surface area contributed by atoms with E-state index in [-0.39, 0.29) is 0 Å². The van der Waals surface area contributed by atoms with Crippen LogP contribution in [0, 0.1) is 0 Å². The van der Waals surface area contributed by atoms with E-state index in [2.05, 4.69) is 24.1 Å². The van der Waals surface area contributed by atoms with Crippen molar-refractivity contribution in [1.29, 1.82) is 0 Å². The van der Waals surface area contributed by atoms with Gasteiger partial charge in [-0.25, -0.2) is 0 Å². The molecule has 0 amide bonds. The third kappa shape index (κ3) is 1.13. The van der Waals surface area contributed by atoms with Crippen LogP contribution in [0.25, 0.3) is 5.57 Å². The lowest BCUT2D eigenvalue weighted by Crippen LogP contribution is -1.91. The first-order valence-corrected chi connectivity index (χ1v) is 3.55. The van der Waals surface area contributed by atoms with Gasteiger partial charge in [0.15, 0.2) is 0 Å². The van der Waals surface area contributed by atoms with Crippen LogP contribution < -0.4 is 0 Å². The number of nitrogens with zero attached hydrogens (tertiary/aromatic N) is 1. The Labute approximate surface area is 62.0 Å². The molecular formula is C9H13N. The third-order valence-electron chi connectivity index (χ3n) is 1.73. The van der Waals surface area contributed by atoms with Gasteiger partial charge in [0.25, 0.3) is 0 Å². The third-order valence-corrected chi connectivity index (χ3v) is 1.73. The van der Waals surface area contributed by atoms with Crippen LogP contribution in [0.5, 0.6) is 0 Å². The van der Waals surface area contributed by atoms with Crippen LogP contribution in [0.15, 0.2) is 24.9 Å². The Morgan fingerprint density at radius 1 is 1.70 bits per heavy atom. The Balaban J connectivity index is 2.93. The van der Waals surface area contributed by atoms with Crippen molar-refractivity contribution < 1.29 is 0 Å². The topological polar surface area (TPSA) is 4.93 Å². The molecule has 0 aromatic carbocycles. The molecule has 0 aliphatic heterocycles. The highest BCUT2D eigenvalue weighted by atomic mass is 14.9. The Morgan fingerprint density at radius 3 is 2.80 bits per heavy atom. The van der Waals surface area contributed by atoms with Crippen LogP contribution >= 0.6 is 0 Å². The van der Waals surface area contributed by atoms with Crippen molar-refractivity contribution in [3.05, 3.63) is 30.6 Å². The maximum Gasteiger partial charge on any atom is 0.0430 e. The molecule has 0 aliphatic carbocycles. The van der Waals surface area contributed by atoms with E-state index in [1.54, 1.807) is 0 Å². The summed E-state index contributed by atoms with van der Waals surface area (Å²) < 4.78 is 2.09. The van der Waals surface area contributed by atoms with Crippen molar-refractivity contribution >= 4 is 5.57 Å². The molecule has 0 N–H and O–H groups in total. The zero-order valence-corrected chi connectivity index (χ0v) is 6.59. The molecule has 54 valence electrons. The molecule has 0 atom stereocenters. The molecule has 1 nitrogen and oxygen atoms in total. The minimum atomic E-state index is 1.03. The van der Waals surface area contributed by atoms with E-state index in [1.807, 2.05) is 19.3 Å². The lowest BCUT2D eigenvalue weighted by molar-refractivity contribution is 0.902. The van der Waals surface area contributed by atoms with Crippen LogP contribution in [0.3, 0.4) is 0 Å². The quantitative estimate of drug-likeness (QED) is 0.587. The molecular weight excluding hydrogens is 122 g/mol. The summed E-state index contributed by atoms with van der Waals surface area (Å²) in [5.74, 6) is 0. The minimum absolute atomic E-state index is 1.03. The summed E-state index contributed by atoms with van der Waals surface area (Å²) in [5, 5.41) is 0. The van der Waals surface area contributed by atoms with Gasteiger partial charge in [-0.3, -0.25) is 0 Å². The van der Waals surface area contributed by atoms with Gasteiger partial charge in [0.2, 0.25) is 0 Å². The smallest absolute Gasteiger partial charge is 0.0430 e. The maximum atomic E-state index is 3.96. The fourth-order valence-electron chi connectivity index (χ4n) is 1.01. The van der Waals surface area contributed by atoms with E-state index in [0.29, 0.717) is 0 Å². The maximum absolute atomic E-state index is 3.96. The Kier molecular flexibility index (Phi) is 1.95. The number of hydrogen-bond donors (Lipinski definition) is 0. The number of aromatic nitrogens is 1. The van der Waals surface area contributed by atoms with E-state index >= 15 is 0 Å². The summed E-state index contributed by atoms with van der Waals surface area (Å²) in [5.41, 5.74) is 2.44. The molecule has 0 bridgehead atoms. The fraction of sp³-hybridized carbons (Fsp3) is 0.333. The SMILES string of the molecule is C=C(CC)c1cccn1C. The van der Waals surface area contributed by atoms with Crippen molar-refractivity contribution in [2.45, 2.75) is 13.3 Å². The lowest BCUT2D eigenvalue weighted by Gasteiger charge is -2.02. The molecule has 1 rings (SSSR count). The average Bonchev–Trinajstić information content (AvgIpc) is 2.34. The van der Waals surface area contributed by atoms with Crippen molar-refractivity contribution in [2.24, 2.45) is 7.05 Å². The first-order valence-electron chi connectivity index (χ1n) is 3.55. The first kappa shape index (κ1) is 7.13. The van der Waals surface area contributed by atoms with Crippen LogP contribution in [0.1, 0.15) is 19.0 Å². The number of aryl methyl sites for hydroxylation is 1. The molecule has 10 heavy (non-hydrogen) atoms. The summed E-state index contributed by atoms with van der Waals surface area (Å²) in [6.07, 6.45) is 3.06. The lowest BCUT2D eigenvalue weighted by atomic mass is 10.2. The highest BCUT2D eigenvalue weighted by molar-refractivity contribution is 5.60. The zero-order valence-electron chi connectivity index (χ0n) is 6.59. The van der Waals surface area contributed by atoms with Crippen molar-refractivity contribution in [2.75, 3.05) is 0 Å². The van der Waals surface area contributed by atoms with Gasteiger partial charge in [0.05, 0.1) is 0 Å². The predicted octanol–water partition coefficient (Wildman–Crippen LogP) is 2.45. The monoisotopic (exact) mass is 135 g/mol. The van der Waals surface area contributed by atoms with Gasteiger partial charge in [0.1, 0.15) is 0 Å². The van der Waals surface area contributed by atoms with Crippen LogP contribution in [0.4, 0.5) is 0 Å². The normalized spacial score (nSPS) is 9.80. The summed E-state index contributed by atoms with van der Waals surface area (Å²) in [6, 6.07) is 4.13. The van der Waals surface area contributed by atoms with Gasteiger partial charge in [-0.05, 0) is 24.1 Å². The minimum Gasteiger partial charge on any atom is -0.351 e. The van der Waals surface area contributed by atoms with Crippen molar-refractivity contribution in [3.63, 3.8) is 0 Å². The van der Waals surface area contributed by atoms with Gasteiger partial charge in [0, 0.05) is 18.9 Å². The second kappa shape index (κ2) is 2.74. The Morgan fingerprint density at radius 2 is 2.40 bits per heavy atom. The van der Waals surface area contributed by atoms with E-state index in [9.17, 15) is 0 Å². The van der Waals surface area contributed by atoms with Gasteiger partial charge < -0.3 is 4.57 Å². The van der Waals surface area contributed by atoms with E-state index in [4.69, 9.17) is 0 Å². The molecule has 1 aromatic heterocycles. The van der Waals surface area contributed by atoms with Gasteiger partial charge in [-0.2, -0.15) is 0 Å². The van der Waals surface area contributed by atoms with E-state index < -0.39 is 0 Å². The molecule has 0 aliphatic rings. The largest absolute Gasteiger partial charge is 0.351 e. The first-order chi connectivity index (χ1) is 4.75. The van der Waals surface area contributed by atoms with Crippen molar-refractivity contribution in [1.82, 2.24) is 4.57 Å². The van der Waals surface area contributed by atoms with Crippen molar-refractivity contribution in [3.8, 4) is 0 Å². The zero-order chi connectivity index (χ0) is 7.56. The standard InChI is InChI=1S/C9H13N/c1-4-8(2)9-6-5-7-10(9)3/h5-7H,2,4H2,1,3H3. The average molecular weight is 135 g/mol. The van der Waals surface area contributed by atoms with Crippen LogP contribution in [-0.4, -0.2) is 4.57 Å². The molecule has 0 fully saturated rings. The molecule has 0 radical (unpaired) electrons. The molecule has 0 unspecified atom stereocenters. The Bertz CT molecular complexity index is 233. The number of allylic oxidation sites excluding steroid dienone is 1. The highest BCUT2D eigenvalue weighted by Gasteiger charge is 1.97. The number of rotatable bonds is 2. The van der Waals surface area contributed by atoms with Crippen LogP contribution in [0.2, 0.25) is 0 Å². The summed E-state index contributed by atoms with van der Waals surface area (Å²) >= 11 is 0. The molecule has 1 heteroatoms. The molecule has 1 aromatic rings. The van der Waals surface area contributed by atoms with Gasteiger partial charge in [-0.15, -0.1) is 0 Å². The second-order valence-electron chi connectivity index (χ2n) is 2.46. The molecule has 0 saturated heterocycles. The highest BCUT2D eigenvalue weighted by Crippen LogP contribution is 2.14. The second-order valence-corrected chi connectivity index (χ2v) is 2.46. The summed E-state index contributed by atoms with van der Waals surface area (Å²) in [7, 11) is 2.04. The number of hydrogen-bond acceptors (Lipinski definition) is 0. The van der Waals surface area contributed by atoms with Gasteiger partial charge >= 0.3 is 0 Å². The van der Waals surface area contributed by atoms with Crippen LogP contribution in [-0.2, 0) is 7.05 Å². The summed E-state index contributed by atoms with van der Waals surface area (Å²) in [6.45, 7) is 6.08. The van der Waals surface area contributed by atoms with E-state index in [1.165, 1.54) is 11.3 Å². The molecule has 1 heterocycles. The van der Waals surface area contributed by atoms with Gasteiger partial charge in [-0.1, -0.05) is 13.5 Å².